The van der Waals surface area contributed by atoms with Crippen LogP contribution in [0.25, 0.3) is 0 Å². The summed E-state index contributed by atoms with van der Waals surface area (Å²) < 4.78 is 0. The topological polar surface area (TPSA) is 84.3 Å². The molecule has 1 amide bonds. The highest BCUT2D eigenvalue weighted by molar-refractivity contribution is 5.95. The first-order chi connectivity index (χ1) is 9.88. The number of benzene rings is 1. The zero-order valence-electron chi connectivity index (χ0n) is 12.6. The zero-order chi connectivity index (χ0) is 15.6. The third-order valence-corrected chi connectivity index (χ3v) is 3.98. The van der Waals surface area contributed by atoms with Gasteiger partial charge in [-0.1, -0.05) is 6.92 Å². The van der Waals surface area contributed by atoms with Gasteiger partial charge in [-0.05, 0) is 50.8 Å². The molecule has 0 bridgehead atoms. The molecule has 2 unspecified atom stereocenters. The van der Waals surface area contributed by atoms with Gasteiger partial charge in [0.05, 0.1) is 11.0 Å². The average molecular weight is 291 g/mol. The Labute approximate surface area is 124 Å². The van der Waals surface area contributed by atoms with Crippen molar-refractivity contribution in [3.63, 3.8) is 0 Å². The van der Waals surface area contributed by atoms with Crippen LogP contribution in [0, 0.1) is 29.9 Å². The van der Waals surface area contributed by atoms with E-state index in [0.29, 0.717) is 22.7 Å². The number of carbonyl (C=O) groups excluding carboxylic acids is 1. The van der Waals surface area contributed by atoms with Gasteiger partial charge in [-0.15, -0.1) is 0 Å². The molecule has 6 heteroatoms. The fourth-order valence-corrected chi connectivity index (χ4v) is 2.66. The van der Waals surface area contributed by atoms with Gasteiger partial charge in [0.25, 0.3) is 5.69 Å². The van der Waals surface area contributed by atoms with Crippen molar-refractivity contribution in [2.45, 2.75) is 39.7 Å². The highest BCUT2D eigenvalue weighted by atomic mass is 16.6. The minimum absolute atomic E-state index is 0.0714. The van der Waals surface area contributed by atoms with E-state index in [4.69, 9.17) is 0 Å². The number of hydrogen-bond donors (Lipinski definition) is 2. The van der Waals surface area contributed by atoms with Crippen molar-refractivity contribution in [1.82, 2.24) is 5.32 Å². The molecule has 2 atom stereocenters. The molecule has 6 nitrogen and oxygen atoms in total. The molecule has 0 radical (unpaired) electrons. The highest BCUT2D eigenvalue weighted by Gasteiger charge is 2.25. The van der Waals surface area contributed by atoms with Crippen molar-refractivity contribution < 1.29 is 9.72 Å². The Morgan fingerprint density at radius 2 is 2.10 bits per heavy atom. The molecular formula is C15H21N3O3. The lowest BCUT2D eigenvalue weighted by molar-refractivity contribution is -0.385. The molecule has 0 aromatic heterocycles. The van der Waals surface area contributed by atoms with Gasteiger partial charge in [-0.2, -0.15) is 0 Å². The number of amides is 1. The number of nitrogens with zero attached hydrogens (tertiary/aromatic N) is 1. The van der Waals surface area contributed by atoms with Crippen LogP contribution >= 0.6 is 0 Å². The summed E-state index contributed by atoms with van der Waals surface area (Å²) in [6, 6.07) is 2.98. The third kappa shape index (κ3) is 3.58. The van der Waals surface area contributed by atoms with Crippen LogP contribution in [-0.4, -0.2) is 23.4 Å². The summed E-state index contributed by atoms with van der Waals surface area (Å²) in [5, 5.41) is 17.0. The van der Waals surface area contributed by atoms with Gasteiger partial charge in [-0.3, -0.25) is 14.9 Å². The maximum atomic E-state index is 12.3. The van der Waals surface area contributed by atoms with E-state index in [-0.39, 0.29) is 17.6 Å². The molecule has 1 aromatic carbocycles. The second kappa shape index (κ2) is 6.22. The van der Waals surface area contributed by atoms with Crippen molar-refractivity contribution in [1.29, 1.82) is 0 Å². The van der Waals surface area contributed by atoms with Crippen molar-refractivity contribution in [3.8, 4) is 0 Å². The predicted molar refractivity (Wildman–Crippen MR) is 81.4 cm³/mol. The molecular weight excluding hydrogens is 270 g/mol. The second-order valence-electron chi connectivity index (χ2n) is 5.84. The number of hydrogen-bond acceptors (Lipinski definition) is 4. The number of carbonyl (C=O) groups is 1. The third-order valence-electron chi connectivity index (χ3n) is 3.98. The summed E-state index contributed by atoms with van der Waals surface area (Å²) in [6.07, 6.45) is 1.90. The van der Waals surface area contributed by atoms with E-state index < -0.39 is 4.92 Å². The molecule has 0 saturated carbocycles. The van der Waals surface area contributed by atoms with Gasteiger partial charge in [0.1, 0.15) is 0 Å². The number of nitrogens with one attached hydrogen (secondary N) is 2. The molecule has 0 aliphatic carbocycles. The summed E-state index contributed by atoms with van der Waals surface area (Å²) in [7, 11) is 0. The number of nitro benzene ring substituents is 1. The van der Waals surface area contributed by atoms with Crippen LogP contribution < -0.4 is 10.6 Å². The molecule has 1 aromatic rings. The van der Waals surface area contributed by atoms with E-state index in [9.17, 15) is 14.9 Å². The number of anilines is 1. The van der Waals surface area contributed by atoms with Crippen LogP contribution in [-0.2, 0) is 4.79 Å². The molecule has 21 heavy (non-hydrogen) atoms. The minimum atomic E-state index is -0.404. The SMILES string of the molecule is Cc1cc([N+](=O)[O-])c(C)cc1NC(=O)C1CC(C)CCN1. The van der Waals surface area contributed by atoms with E-state index in [2.05, 4.69) is 17.6 Å². The maximum absolute atomic E-state index is 12.3. The van der Waals surface area contributed by atoms with Crippen LogP contribution in [0.15, 0.2) is 12.1 Å². The highest BCUT2D eigenvalue weighted by Crippen LogP contribution is 2.26. The van der Waals surface area contributed by atoms with Crippen molar-refractivity contribution in [2.24, 2.45) is 5.92 Å². The Morgan fingerprint density at radius 3 is 2.71 bits per heavy atom. The molecule has 1 fully saturated rings. The molecule has 114 valence electrons. The minimum Gasteiger partial charge on any atom is -0.324 e. The molecule has 2 rings (SSSR count). The van der Waals surface area contributed by atoms with Crippen molar-refractivity contribution in [2.75, 3.05) is 11.9 Å². The van der Waals surface area contributed by atoms with Crippen molar-refractivity contribution in [3.05, 3.63) is 33.4 Å². The zero-order valence-corrected chi connectivity index (χ0v) is 12.6. The fourth-order valence-electron chi connectivity index (χ4n) is 2.66. The van der Waals surface area contributed by atoms with Crippen LogP contribution in [0.3, 0.4) is 0 Å². The monoisotopic (exact) mass is 291 g/mol. The smallest absolute Gasteiger partial charge is 0.272 e. The van der Waals surface area contributed by atoms with Crippen LogP contribution in [0.4, 0.5) is 11.4 Å². The summed E-state index contributed by atoms with van der Waals surface area (Å²) in [5.41, 5.74) is 1.97. The van der Waals surface area contributed by atoms with Gasteiger partial charge in [-0.25, -0.2) is 0 Å². The predicted octanol–water partition coefficient (Wildman–Crippen LogP) is 2.54. The number of piperidine rings is 1. The fraction of sp³-hybridized carbons (Fsp3) is 0.533. The van der Waals surface area contributed by atoms with E-state index in [1.165, 1.54) is 6.07 Å². The van der Waals surface area contributed by atoms with E-state index >= 15 is 0 Å². The van der Waals surface area contributed by atoms with Crippen LogP contribution in [0.5, 0.6) is 0 Å². The molecule has 1 aliphatic rings. The molecule has 0 spiro atoms. The standard InChI is InChI=1S/C15H21N3O3/c1-9-4-5-16-13(6-9)15(19)17-12-7-11(3)14(18(20)21)8-10(12)2/h7-9,13,16H,4-6H2,1-3H3,(H,17,19). The number of rotatable bonds is 3. The second-order valence-corrected chi connectivity index (χ2v) is 5.84. The largest absolute Gasteiger partial charge is 0.324 e. The van der Waals surface area contributed by atoms with Gasteiger partial charge >= 0.3 is 0 Å². The molecule has 1 saturated heterocycles. The van der Waals surface area contributed by atoms with Crippen LogP contribution in [0.1, 0.15) is 30.9 Å². The first-order valence-corrected chi connectivity index (χ1v) is 7.18. The number of nitro groups is 1. The average Bonchev–Trinajstić information content (AvgIpc) is 2.42. The molecule has 2 N–H and O–H groups in total. The Hall–Kier alpha value is -1.95. The molecule has 1 aliphatic heterocycles. The summed E-state index contributed by atoms with van der Waals surface area (Å²) in [4.78, 5) is 22.8. The normalized spacial score (nSPS) is 21.9. The quantitative estimate of drug-likeness (QED) is 0.662. The first kappa shape index (κ1) is 15.4. The summed E-state index contributed by atoms with van der Waals surface area (Å²) in [5.74, 6) is 0.458. The van der Waals surface area contributed by atoms with E-state index in [1.54, 1.807) is 19.9 Å². The number of aryl methyl sites for hydroxylation is 2. The lowest BCUT2D eigenvalue weighted by Crippen LogP contribution is -2.45. The van der Waals surface area contributed by atoms with Crippen LogP contribution in [0.2, 0.25) is 0 Å². The first-order valence-electron chi connectivity index (χ1n) is 7.18. The lowest BCUT2D eigenvalue weighted by atomic mass is 9.94. The van der Waals surface area contributed by atoms with E-state index in [0.717, 1.165) is 19.4 Å². The summed E-state index contributed by atoms with van der Waals surface area (Å²) >= 11 is 0. The Kier molecular flexibility index (Phi) is 4.57. The van der Waals surface area contributed by atoms with Gasteiger partial charge in [0.2, 0.25) is 5.91 Å². The Morgan fingerprint density at radius 1 is 1.38 bits per heavy atom. The van der Waals surface area contributed by atoms with Crippen molar-refractivity contribution >= 4 is 17.3 Å². The molecule has 1 heterocycles. The lowest BCUT2D eigenvalue weighted by Gasteiger charge is -2.27. The van der Waals surface area contributed by atoms with Gasteiger partial charge < -0.3 is 10.6 Å². The summed E-state index contributed by atoms with van der Waals surface area (Å²) in [6.45, 7) is 6.42. The maximum Gasteiger partial charge on any atom is 0.272 e. The van der Waals surface area contributed by atoms with Gasteiger partial charge in [0.15, 0.2) is 0 Å². The van der Waals surface area contributed by atoms with Gasteiger partial charge in [0, 0.05) is 17.3 Å². The Balaban J connectivity index is 2.14. The Bertz CT molecular complexity index is 572. The van der Waals surface area contributed by atoms with E-state index in [1.807, 2.05) is 0 Å².